The Kier molecular flexibility index (Phi) is 11.5. The Morgan fingerprint density at radius 2 is 1.81 bits per heavy atom. The van der Waals surface area contributed by atoms with Gasteiger partial charge >= 0.3 is 5.97 Å². The van der Waals surface area contributed by atoms with Gasteiger partial charge in [0.2, 0.25) is 0 Å². The molecule has 1 aliphatic heterocycles. The van der Waals surface area contributed by atoms with Crippen molar-refractivity contribution in [3.63, 3.8) is 0 Å². The third-order valence-corrected chi connectivity index (χ3v) is 6.54. The molecule has 32 heavy (non-hydrogen) atoms. The van der Waals surface area contributed by atoms with E-state index in [9.17, 15) is 4.79 Å². The van der Waals surface area contributed by atoms with E-state index in [0.717, 1.165) is 48.4 Å². The van der Waals surface area contributed by atoms with Crippen LogP contribution in [0.4, 0.5) is 0 Å². The first-order valence-electron chi connectivity index (χ1n) is 12.1. The molecule has 3 N–H and O–H groups in total. The molecule has 0 atom stereocenters. The fourth-order valence-corrected chi connectivity index (χ4v) is 4.49. The Bertz CT molecular complexity index is 794. The lowest BCUT2D eigenvalue weighted by atomic mass is 9.83. The van der Waals surface area contributed by atoms with E-state index in [4.69, 9.17) is 10.5 Å². The molecule has 0 spiro atoms. The number of amidine groups is 1. The van der Waals surface area contributed by atoms with E-state index < -0.39 is 4.20 Å². The first-order chi connectivity index (χ1) is 15.2. The zero-order valence-corrected chi connectivity index (χ0v) is 21.8. The number of esters is 1. The number of hydrogen-bond donors (Lipinski definition) is 4. The number of benzene rings is 1. The van der Waals surface area contributed by atoms with Crippen LogP contribution in [-0.2, 0) is 15.4 Å². The molecule has 1 aromatic carbocycles. The summed E-state index contributed by atoms with van der Waals surface area (Å²) in [5.74, 6) is 1.22. The van der Waals surface area contributed by atoms with E-state index in [2.05, 4.69) is 42.5 Å². The normalized spacial score (nSPS) is 13.7. The van der Waals surface area contributed by atoms with E-state index in [1.165, 1.54) is 44.9 Å². The molecule has 0 saturated carbocycles. The van der Waals surface area contributed by atoms with Crippen molar-refractivity contribution < 1.29 is 9.53 Å². The van der Waals surface area contributed by atoms with Gasteiger partial charge in [0.25, 0.3) is 0 Å². The first kappa shape index (κ1) is 27.1. The number of aryl methyl sites for hydroxylation is 1. The molecule has 1 aromatic rings. The van der Waals surface area contributed by atoms with Crippen LogP contribution in [0.25, 0.3) is 0 Å². The second kappa shape index (κ2) is 13.6. The minimum atomic E-state index is -1.20. The Morgan fingerprint density at radius 1 is 1.19 bits per heavy atom. The van der Waals surface area contributed by atoms with Crippen molar-refractivity contribution in [1.82, 2.24) is 5.32 Å². The van der Waals surface area contributed by atoms with E-state index in [-0.39, 0.29) is 5.97 Å². The molecule has 0 bridgehead atoms. The number of unbranched alkanes of at least 4 members (excludes halogenated alkanes) is 8. The van der Waals surface area contributed by atoms with Crippen molar-refractivity contribution in [2.75, 3.05) is 13.1 Å². The van der Waals surface area contributed by atoms with Crippen LogP contribution in [0, 0.1) is 6.92 Å². The summed E-state index contributed by atoms with van der Waals surface area (Å²) >= 11 is 8.87. The van der Waals surface area contributed by atoms with Crippen LogP contribution < -0.4 is 21.3 Å². The molecule has 0 amide bonds. The van der Waals surface area contributed by atoms with Crippen LogP contribution in [0.15, 0.2) is 11.1 Å². The van der Waals surface area contributed by atoms with Gasteiger partial charge in [0.15, 0.2) is 0 Å². The lowest BCUT2D eigenvalue weighted by Crippen LogP contribution is -2.31. The number of nitrogens with two attached hydrogens (primary N) is 1. The van der Waals surface area contributed by atoms with Crippen molar-refractivity contribution in [2.24, 2.45) is 10.7 Å². The minimum Gasteiger partial charge on any atom is -0.427 e. The highest BCUT2D eigenvalue weighted by atomic mass is 32.2. The summed E-state index contributed by atoms with van der Waals surface area (Å²) in [6.45, 7) is 5.93. The predicted molar refractivity (Wildman–Crippen MR) is 145 cm³/mol. The number of nitrogens with one attached hydrogen (secondary N) is 1. The lowest BCUT2D eigenvalue weighted by molar-refractivity contribution is -0.134. The summed E-state index contributed by atoms with van der Waals surface area (Å²) < 4.78 is 4.65. The maximum absolute atomic E-state index is 12.6. The van der Waals surface area contributed by atoms with E-state index in [1.807, 2.05) is 20.8 Å². The first-order valence-corrected chi connectivity index (χ1v) is 13.0. The molecule has 2 rings (SSSR count). The number of carbonyl (C=O) groups excluding carboxylic acids is 1. The van der Waals surface area contributed by atoms with Crippen LogP contribution in [0.2, 0.25) is 0 Å². The van der Waals surface area contributed by atoms with Crippen LogP contribution in [-0.4, -0.2) is 32.7 Å². The van der Waals surface area contributed by atoms with Gasteiger partial charge in [-0.25, -0.2) is 0 Å². The van der Waals surface area contributed by atoms with Gasteiger partial charge in [-0.1, -0.05) is 58.3 Å². The van der Waals surface area contributed by atoms with Crippen LogP contribution in [0.1, 0.15) is 87.8 Å². The maximum Gasteiger partial charge on any atom is 0.311 e. The molecule has 0 saturated heterocycles. The minimum absolute atomic E-state index is 0.227. The molecule has 5 nitrogen and oxygen atoms in total. The van der Waals surface area contributed by atoms with Crippen LogP contribution in [0.3, 0.4) is 0 Å². The van der Waals surface area contributed by atoms with Crippen molar-refractivity contribution >= 4 is 50.4 Å². The molecule has 8 heteroatoms. The highest BCUT2D eigenvalue weighted by Crippen LogP contribution is 2.35. The average Bonchev–Trinajstić information content (AvgIpc) is 3.24. The fourth-order valence-electron chi connectivity index (χ4n) is 4.16. The molecule has 0 fully saturated rings. The van der Waals surface area contributed by atoms with Gasteiger partial charge in [-0.05, 0) is 36.0 Å². The van der Waals surface area contributed by atoms with Crippen molar-refractivity contribution in [2.45, 2.75) is 88.7 Å². The second-order valence-corrected chi connectivity index (χ2v) is 10.6. The van der Waals surface area contributed by atoms with Crippen LogP contribution >= 0.6 is 25.3 Å². The average molecular weight is 478 g/mol. The molecular weight excluding hydrogens is 437 g/mol. The van der Waals surface area contributed by atoms with Gasteiger partial charge in [0, 0.05) is 24.9 Å². The number of thiol groups is 2. The zero-order chi connectivity index (χ0) is 23.6. The largest absolute Gasteiger partial charge is 0.427 e. The highest BCUT2D eigenvalue weighted by Gasteiger charge is 2.27. The predicted octanol–water partition coefficient (Wildman–Crippen LogP) is 3.55. The fraction of sp³-hybridized carbons (Fsp3) is 0.667. The number of nitrogens with zero attached hydrogens (tertiary/aromatic N) is 1. The third-order valence-electron chi connectivity index (χ3n) is 6.06. The van der Waals surface area contributed by atoms with E-state index >= 15 is 0 Å². The lowest BCUT2D eigenvalue weighted by Gasteiger charge is -2.25. The van der Waals surface area contributed by atoms with Gasteiger partial charge in [-0.2, -0.15) is 0 Å². The number of ether oxygens (including phenoxy) is 1. The highest BCUT2D eigenvalue weighted by molar-refractivity contribution is 7.99. The van der Waals surface area contributed by atoms with Gasteiger partial charge in [-0.15, -0.1) is 25.3 Å². The Labute approximate surface area is 206 Å². The standard InChI is InChI=1S/C24H40BN3O2S2/c1-3-4-5-6-7-8-9-10-11-12-21(29)30-23-19(24(26,31)32)15-17(2)18(22(23)25)16-20-27-13-14-28-20/h15,31-32H,3-14,16,25-26H2,1-2H3,(H,27,28). The van der Waals surface area contributed by atoms with Crippen LogP contribution in [0.5, 0.6) is 5.75 Å². The smallest absolute Gasteiger partial charge is 0.311 e. The molecule has 0 aliphatic carbocycles. The Balaban J connectivity index is 1.97. The quantitative estimate of drug-likeness (QED) is 0.0826. The molecule has 178 valence electrons. The van der Waals surface area contributed by atoms with Crippen molar-refractivity contribution in [3.8, 4) is 5.75 Å². The number of carbonyl (C=O) groups is 1. The number of aliphatic imine (C=N–C) groups is 1. The van der Waals surface area contributed by atoms with Gasteiger partial charge in [0.05, 0.1) is 6.54 Å². The summed E-state index contributed by atoms with van der Waals surface area (Å²) in [4.78, 5) is 17.1. The maximum atomic E-state index is 12.6. The van der Waals surface area contributed by atoms with Gasteiger partial charge in [0.1, 0.15) is 23.6 Å². The third kappa shape index (κ3) is 8.67. The van der Waals surface area contributed by atoms with Gasteiger partial charge < -0.3 is 15.8 Å². The Hall–Kier alpha value is -1.12. The molecular formula is C24H40BN3O2S2. The number of rotatable bonds is 14. The Morgan fingerprint density at radius 3 is 2.38 bits per heavy atom. The van der Waals surface area contributed by atoms with E-state index in [1.54, 1.807) is 0 Å². The molecule has 1 aliphatic rings. The molecule has 0 aromatic heterocycles. The summed E-state index contributed by atoms with van der Waals surface area (Å²) in [5.41, 5.74) is 9.85. The summed E-state index contributed by atoms with van der Waals surface area (Å²) in [5, 5.41) is 3.31. The second-order valence-electron chi connectivity index (χ2n) is 8.88. The molecule has 0 unspecified atom stereocenters. The topological polar surface area (TPSA) is 76.7 Å². The van der Waals surface area contributed by atoms with E-state index in [0.29, 0.717) is 24.2 Å². The van der Waals surface area contributed by atoms with Crippen molar-refractivity contribution in [3.05, 3.63) is 22.8 Å². The summed E-state index contributed by atoms with van der Waals surface area (Å²) in [6.07, 6.45) is 12.0. The summed E-state index contributed by atoms with van der Waals surface area (Å²) in [6, 6.07) is 1.93. The van der Waals surface area contributed by atoms with Crippen molar-refractivity contribution in [1.29, 1.82) is 0 Å². The SMILES string of the molecule is Bc1c(CC2=NCCN2)c(C)cc(C(N)(S)S)c1OC(=O)CCCCCCCCCCC. The zero-order valence-electron chi connectivity index (χ0n) is 20.0. The molecule has 0 radical (unpaired) electrons. The van der Waals surface area contributed by atoms with Gasteiger partial charge in [-0.3, -0.25) is 9.79 Å². The molecule has 1 heterocycles. The monoisotopic (exact) mass is 477 g/mol. The summed E-state index contributed by atoms with van der Waals surface area (Å²) in [7, 11) is 1.97. The number of hydrogen-bond acceptors (Lipinski definition) is 7.